The lowest BCUT2D eigenvalue weighted by Gasteiger charge is -2.37. The highest BCUT2D eigenvalue weighted by molar-refractivity contribution is 5.97. The summed E-state index contributed by atoms with van der Waals surface area (Å²) in [5.74, 6) is 1.87. The fourth-order valence-electron chi connectivity index (χ4n) is 4.72. The zero-order valence-corrected chi connectivity index (χ0v) is 20.9. The van der Waals surface area contributed by atoms with Crippen molar-refractivity contribution in [2.75, 3.05) is 34.5 Å². The lowest BCUT2D eigenvalue weighted by molar-refractivity contribution is 0.0583. The average Bonchev–Trinajstić information content (AvgIpc) is 2.94. The molecule has 0 saturated heterocycles. The highest BCUT2D eigenvalue weighted by Crippen LogP contribution is 2.39. The first-order valence-electron chi connectivity index (χ1n) is 11.9. The Kier molecular flexibility index (Phi) is 6.72. The van der Waals surface area contributed by atoms with Gasteiger partial charge in [-0.2, -0.15) is 0 Å². The Balaban J connectivity index is 1.56. The van der Waals surface area contributed by atoms with Gasteiger partial charge in [0.05, 0.1) is 27.4 Å². The Labute approximate surface area is 213 Å². The topological polar surface area (TPSA) is 87.4 Å². The molecular formula is C29H27NO7. The molecule has 0 radical (unpaired) electrons. The van der Waals surface area contributed by atoms with Crippen LogP contribution in [-0.4, -0.2) is 45.3 Å². The number of hydrogen-bond acceptors (Lipinski definition) is 7. The molecule has 0 unspecified atom stereocenters. The summed E-state index contributed by atoms with van der Waals surface area (Å²) in [5.41, 5.74) is 1.61. The Morgan fingerprint density at radius 3 is 2.32 bits per heavy atom. The minimum Gasteiger partial charge on any atom is -0.493 e. The largest absolute Gasteiger partial charge is 0.493 e. The number of rotatable bonds is 7. The molecule has 0 N–H and O–H groups in total. The first-order chi connectivity index (χ1) is 18.0. The molecule has 8 heteroatoms. The number of ether oxygens (including phenoxy) is 4. The molecule has 8 nitrogen and oxygen atoms in total. The number of para-hydroxylation sites is 3. The molecule has 4 aromatic rings. The second kappa shape index (κ2) is 10.3. The van der Waals surface area contributed by atoms with Crippen molar-refractivity contribution in [1.29, 1.82) is 0 Å². The monoisotopic (exact) mass is 501 g/mol. The van der Waals surface area contributed by atoms with E-state index < -0.39 is 17.6 Å². The standard InChI is InChI=1S/C29H27NO7/c1-33-24-10-6-7-11-25(24)36-17-22-20-16-27(35-3)26(34-2)15-18(20)12-13-30(22)28(31)21-14-19-8-4-5-9-23(19)37-29(21)32/h4-11,14-16,22H,12-13,17H2,1-3H3/t22-/m1/s1. The molecule has 3 aromatic carbocycles. The zero-order chi connectivity index (χ0) is 25.9. The van der Waals surface area contributed by atoms with E-state index in [1.54, 1.807) is 62.6 Å². The van der Waals surface area contributed by atoms with E-state index in [4.69, 9.17) is 23.4 Å². The van der Waals surface area contributed by atoms with Crippen LogP contribution in [0.3, 0.4) is 0 Å². The summed E-state index contributed by atoms with van der Waals surface area (Å²) in [7, 11) is 4.73. The molecule has 37 heavy (non-hydrogen) atoms. The van der Waals surface area contributed by atoms with Crippen LogP contribution in [0.4, 0.5) is 0 Å². The molecule has 2 heterocycles. The second-order valence-corrected chi connectivity index (χ2v) is 8.62. The molecule has 1 amide bonds. The van der Waals surface area contributed by atoms with Crippen LogP contribution < -0.4 is 24.6 Å². The highest BCUT2D eigenvalue weighted by Gasteiger charge is 2.35. The third-order valence-corrected chi connectivity index (χ3v) is 6.60. The fourth-order valence-corrected chi connectivity index (χ4v) is 4.72. The van der Waals surface area contributed by atoms with Crippen LogP contribution >= 0.6 is 0 Å². The summed E-state index contributed by atoms with van der Waals surface area (Å²) < 4.78 is 28.1. The number of hydrogen-bond donors (Lipinski definition) is 0. The van der Waals surface area contributed by atoms with Crippen LogP contribution in [0.15, 0.2) is 75.9 Å². The van der Waals surface area contributed by atoms with Crippen molar-refractivity contribution in [2.24, 2.45) is 0 Å². The molecular weight excluding hydrogens is 474 g/mol. The molecule has 0 bridgehead atoms. The summed E-state index contributed by atoms with van der Waals surface area (Å²) in [6.45, 7) is 0.515. The number of nitrogens with zero attached hydrogens (tertiary/aromatic N) is 1. The van der Waals surface area contributed by atoms with Crippen molar-refractivity contribution < 1.29 is 28.2 Å². The smallest absolute Gasteiger partial charge is 0.349 e. The lowest BCUT2D eigenvalue weighted by atomic mass is 9.91. The van der Waals surface area contributed by atoms with Gasteiger partial charge in [-0.25, -0.2) is 4.79 Å². The van der Waals surface area contributed by atoms with E-state index >= 15 is 0 Å². The van der Waals surface area contributed by atoms with Gasteiger partial charge in [0.1, 0.15) is 17.8 Å². The molecule has 0 saturated carbocycles. The summed E-state index contributed by atoms with van der Waals surface area (Å²) in [6.07, 6.45) is 0.575. The van der Waals surface area contributed by atoms with Crippen LogP contribution in [0.2, 0.25) is 0 Å². The third-order valence-electron chi connectivity index (χ3n) is 6.60. The van der Waals surface area contributed by atoms with Crippen molar-refractivity contribution in [3.05, 3.63) is 93.8 Å². The normalized spacial score (nSPS) is 14.7. The zero-order valence-electron chi connectivity index (χ0n) is 20.9. The number of carbonyl (C=O) groups excluding carboxylic acids is 1. The molecule has 0 spiro atoms. The summed E-state index contributed by atoms with van der Waals surface area (Å²) in [5, 5.41) is 0.677. The van der Waals surface area contributed by atoms with E-state index in [0.29, 0.717) is 46.9 Å². The van der Waals surface area contributed by atoms with Gasteiger partial charge in [-0.3, -0.25) is 4.79 Å². The Bertz CT molecular complexity index is 1510. The summed E-state index contributed by atoms with van der Waals surface area (Å²) in [4.78, 5) is 28.3. The second-order valence-electron chi connectivity index (χ2n) is 8.62. The van der Waals surface area contributed by atoms with Gasteiger partial charge in [-0.05, 0) is 53.9 Å². The van der Waals surface area contributed by atoms with Gasteiger partial charge < -0.3 is 28.3 Å². The van der Waals surface area contributed by atoms with E-state index in [9.17, 15) is 9.59 Å². The van der Waals surface area contributed by atoms with E-state index in [0.717, 1.165) is 11.1 Å². The van der Waals surface area contributed by atoms with Crippen LogP contribution in [0.1, 0.15) is 27.5 Å². The van der Waals surface area contributed by atoms with Crippen LogP contribution in [0, 0.1) is 0 Å². The first kappa shape index (κ1) is 24.2. The molecule has 190 valence electrons. The minimum atomic E-state index is -0.675. The maximum Gasteiger partial charge on any atom is 0.349 e. The van der Waals surface area contributed by atoms with Crippen LogP contribution in [0.25, 0.3) is 11.0 Å². The summed E-state index contributed by atoms with van der Waals surface area (Å²) >= 11 is 0. The van der Waals surface area contributed by atoms with Gasteiger partial charge in [-0.15, -0.1) is 0 Å². The molecule has 1 atom stereocenters. The van der Waals surface area contributed by atoms with Crippen LogP contribution in [-0.2, 0) is 6.42 Å². The van der Waals surface area contributed by atoms with Gasteiger partial charge >= 0.3 is 5.63 Å². The quantitative estimate of drug-likeness (QED) is 0.341. The van der Waals surface area contributed by atoms with E-state index in [-0.39, 0.29) is 12.2 Å². The minimum absolute atomic E-state index is 0.0232. The van der Waals surface area contributed by atoms with Crippen molar-refractivity contribution in [1.82, 2.24) is 4.90 Å². The van der Waals surface area contributed by atoms with E-state index in [1.807, 2.05) is 30.3 Å². The fraction of sp³-hybridized carbons (Fsp3) is 0.241. The Morgan fingerprint density at radius 2 is 1.57 bits per heavy atom. The van der Waals surface area contributed by atoms with Crippen molar-refractivity contribution >= 4 is 16.9 Å². The number of methoxy groups -OCH3 is 3. The van der Waals surface area contributed by atoms with Gasteiger partial charge in [0.2, 0.25) is 0 Å². The van der Waals surface area contributed by atoms with Crippen LogP contribution in [0.5, 0.6) is 23.0 Å². The molecule has 0 fully saturated rings. The average molecular weight is 502 g/mol. The summed E-state index contributed by atoms with van der Waals surface area (Å²) in [6, 6.07) is 19.3. The van der Waals surface area contributed by atoms with E-state index in [2.05, 4.69) is 0 Å². The Morgan fingerprint density at radius 1 is 0.892 bits per heavy atom. The van der Waals surface area contributed by atoms with Crippen molar-refractivity contribution in [3.8, 4) is 23.0 Å². The van der Waals surface area contributed by atoms with Gasteiger partial charge in [-0.1, -0.05) is 30.3 Å². The van der Waals surface area contributed by atoms with Crippen molar-refractivity contribution in [3.63, 3.8) is 0 Å². The van der Waals surface area contributed by atoms with Gasteiger partial charge in [0.15, 0.2) is 23.0 Å². The predicted molar refractivity (Wildman–Crippen MR) is 138 cm³/mol. The number of fused-ring (bicyclic) bond motifs is 2. The van der Waals surface area contributed by atoms with Gasteiger partial charge in [0, 0.05) is 11.9 Å². The van der Waals surface area contributed by atoms with E-state index in [1.165, 1.54) is 0 Å². The molecule has 5 rings (SSSR count). The SMILES string of the molecule is COc1cc2c(cc1OC)[C@@H](COc1ccccc1OC)N(C(=O)c1cc3ccccc3oc1=O)CC2. The molecule has 1 aliphatic heterocycles. The van der Waals surface area contributed by atoms with Gasteiger partial charge in [0.25, 0.3) is 5.91 Å². The lowest BCUT2D eigenvalue weighted by Crippen LogP contribution is -2.44. The maximum atomic E-state index is 13.8. The number of amides is 1. The molecule has 0 aliphatic carbocycles. The van der Waals surface area contributed by atoms with Crippen molar-refractivity contribution in [2.45, 2.75) is 12.5 Å². The molecule has 1 aliphatic rings. The Hall–Kier alpha value is -4.46. The number of carbonyl (C=O) groups is 1. The maximum absolute atomic E-state index is 13.8. The third kappa shape index (κ3) is 4.58. The molecule has 1 aromatic heterocycles. The number of benzene rings is 3. The first-order valence-corrected chi connectivity index (χ1v) is 11.9. The predicted octanol–water partition coefficient (Wildman–Crippen LogP) is 4.64. The highest BCUT2D eigenvalue weighted by atomic mass is 16.5.